The Labute approximate surface area is 136 Å². The van der Waals surface area contributed by atoms with Gasteiger partial charge in [-0.25, -0.2) is 9.67 Å². The van der Waals surface area contributed by atoms with Gasteiger partial charge in [-0.1, -0.05) is 37.6 Å². The number of halogens is 1. The zero-order valence-electron chi connectivity index (χ0n) is 13.0. The normalized spacial score (nSPS) is 20.4. The van der Waals surface area contributed by atoms with Crippen molar-refractivity contribution in [1.29, 1.82) is 0 Å². The number of nitrogens with zero attached hydrogens (tertiary/aromatic N) is 3. The maximum Gasteiger partial charge on any atom is 0.137 e. The average molecular weight is 320 g/mol. The second-order valence-electron chi connectivity index (χ2n) is 6.26. The van der Waals surface area contributed by atoms with E-state index in [9.17, 15) is 5.11 Å². The summed E-state index contributed by atoms with van der Waals surface area (Å²) in [5.74, 6) is 0.723. The molecule has 1 aromatic heterocycles. The third kappa shape index (κ3) is 2.66. The Morgan fingerprint density at radius 2 is 2.05 bits per heavy atom. The first-order valence-electron chi connectivity index (χ1n) is 7.89. The van der Waals surface area contributed by atoms with Crippen molar-refractivity contribution in [3.63, 3.8) is 0 Å². The molecular weight excluding hydrogens is 298 g/mol. The molecule has 1 fully saturated rings. The number of benzene rings is 1. The van der Waals surface area contributed by atoms with Crippen molar-refractivity contribution in [2.75, 3.05) is 0 Å². The van der Waals surface area contributed by atoms with E-state index >= 15 is 0 Å². The first-order valence-corrected chi connectivity index (χ1v) is 8.27. The van der Waals surface area contributed by atoms with Gasteiger partial charge in [0.2, 0.25) is 0 Å². The molecule has 0 bridgehead atoms. The predicted octanol–water partition coefficient (Wildman–Crippen LogP) is 3.82. The number of aliphatic hydroxyl groups is 1. The van der Waals surface area contributed by atoms with Gasteiger partial charge in [-0.15, -0.1) is 0 Å². The molecule has 0 aliphatic heterocycles. The van der Waals surface area contributed by atoms with E-state index in [1.165, 1.54) is 19.2 Å². The Kier molecular flexibility index (Phi) is 4.24. The highest BCUT2D eigenvalue weighted by atomic mass is 35.5. The van der Waals surface area contributed by atoms with Crippen LogP contribution in [-0.4, -0.2) is 19.9 Å². The maximum absolute atomic E-state index is 11.8. The van der Waals surface area contributed by atoms with Crippen molar-refractivity contribution in [2.24, 2.45) is 11.8 Å². The maximum atomic E-state index is 11.8. The number of aromatic nitrogens is 3. The van der Waals surface area contributed by atoms with E-state index in [0.717, 1.165) is 12.0 Å². The summed E-state index contributed by atoms with van der Waals surface area (Å²) in [5, 5.41) is 16.7. The van der Waals surface area contributed by atoms with E-state index in [4.69, 9.17) is 11.6 Å². The molecule has 1 N–H and O–H groups in total. The first kappa shape index (κ1) is 15.5. The van der Waals surface area contributed by atoms with Crippen LogP contribution in [0.3, 0.4) is 0 Å². The lowest BCUT2D eigenvalue weighted by Crippen LogP contribution is -2.43. The average Bonchev–Trinajstić information content (AvgIpc) is 3.24. The van der Waals surface area contributed by atoms with Crippen LogP contribution in [0.1, 0.15) is 44.7 Å². The van der Waals surface area contributed by atoms with Crippen LogP contribution in [0, 0.1) is 11.8 Å². The topological polar surface area (TPSA) is 50.9 Å². The third-order valence-corrected chi connectivity index (χ3v) is 5.23. The van der Waals surface area contributed by atoms with E-state index in [2.05, 4.69) is 23.9 Å². The molecule has 4 nitrogen and oxygen atoms in total. The Bertz CT molecular complexity index is 609. The van der Waals surface area contributed by atoms with Crippen LogP contribution >= 0.6 is 11.6 Å². The fraction of sp³-hybridized carbons (Fsp3) is 0.529. The minimum absolute atomic E-state index is 0.147. The van der Waals surface area contributed by atoms with Gasteiger partial charge in [0, 0.05) is 5.02 Å². The van der Waals surface area contributed by atoms with E-state index in [1.54, 1.807) is 11.0 Å². The molecule has 1 aliphatic carbocycles. The molecule has 1 aromatic carbocycles. The zero-order valence-corrected chi connectivity index (χ0v) is 13.7. The van der Waals surface area contributed by atoms with Crippen molar-refractivity contribution in [2.45, 2.75) is 44.8 Å². The Hall–Kier alpha value is -1.39. The van der Waals surface area contributed by atoms with Gasteiger partial charge in [-0.3, -0.25) is 0 Å². The summed E-state index contributed by atoms with van der Waals surface area (Å²) in [6.45, 7) is 4.22. The van der Waals surface area contributed by atoms with Crippen LogP contribution in [-0.2, 0) is 5.60 Å². The molecule has 5 heteroatoms. The molecule has 118 valence electrons. The summed E-state index contributed by atoms with van der Waals surface area (Å²) in [7, 11) is 0. The largest absolute Gasteiger partial charge is 0.383 e. The highest BCUT2D eigenvalue weighted by molar-refractivity contribution is 6.30. The summed E-state index contributed by atoms with van der Waals surface area (Å²) in [5.41, 5.74) is -0.0764. The van der Waals surface area contributed by atoms with Crippen LogP contribution in [0.15, 0.2) is 36.9 Å². The number of rotatable bonds is 6. The molecule has 0 radical (unpaired) electrons. The molecular formula is C17H22ClN3O. The van der Waals surface area contributed by atoms with Gasteiger partial charge >= 0.3 is 0 Å². The smallest absolute Gasteiger partial charge is 0.137 e. The van der Waals surface area contributed by atoms with Crippen LogP contribution in [0.25, 0.3) is 0 Å². The predicted molar refractivity (Wildman–Crippen MR) is 86.6 cm³/mol. The van der Waals surface area contributed by atoms with E-state index in [0.29, 0.717) is 10.9 Å². The van der Waals surface area contributed by atoms with Crippen LogP contribution in [0.5, 0.6) is 0 Å². The van der Waals surface area contributed by atoms with Gasteiger partial charge in [0.1, 0.15) is 18.3 Å². The van der Waals surface area contributed by atoms with Gasteiger partial charge in [0.05, 0.1) is 6.04 Å². The van der Waals surface area contributed by atoms with E-state index in [1.807, 2.05) is 24.3 Å². The van der Waals surface area contributed by atoms with Gasteiger partial charge < -0.3 is 5.11 Å². The van der Waals surface area contributed by atoms with Crippen molar-refractivity contribution < 1.29 is 5.11 Å². The van der Waals surface area contributed by atoms with Gasteiger partial charge in [-0.05, 0) is 48.8 Å². The lowest BCUT2D eigenvalue weighted by Gasteiger charge is -2.41. The molecule has 1 aliphatic rings. The highest BCUT2D eigenvalue weighted by Crippen LogP contribution is 2.51. The van der Waals surface area contributed by atoms with Gasteiger partial charge in [0.15, 0.2) is 0 Å². The molecule has 3 rings (SSSR count). The van der Waals surface area contributed by atoms with Gasteiger partial charge in [-0.2, -0.15) is 5.10 Å². The fourth-order valence-electron chi connectivity index (χ4n) is 3.51. The summed E-state index contributed by atoms with van der Waals surface area (Å²) in [6, 6.07) is 7.40. The van der Waals surface area contributed by atoms with Crippen LogP contribution in [0.4, 0.5) is 0 Å². The summed E-state index contributed by atoms with van der Waals surface area (Å²) in [6.07, 6.45) is 6.36. The fourth-order valence-corrected chi connectivity index (χ4v) is 3.64. The van der Waals surface area contributed by atoms with Crippen LogP contribution in [0.2, 0.25) is 5.02 Å². The van der Waals surface area contributed by atoms with Crippen LogP contribution < -0.4 is 0 Å². The van der Waals surface area contributed by atoms with Crippen molar-refractivity contribution in [3.8, 4) is 0 Å². The first-order chi connectivity index (χ1) is 10.6. The summed E-state index contributed by atoms with van der Waals surface area (Å²) in [4.78, 5) is 4.05. The number of hydrogen-bond donors (Lipinski definition) is 1. The Morgan fingerprint density at radius 3 is 2.55 bits per heavy atom. The molecule has 0 amide bonds. The second-order valence-corrected chi connectivity index (χ2v) is 6.69. The van der Waals surface area contributed by atoms with Crippen molar-refractivity contribution >= 4 is 11.6 Å². The zero-order chi connectivity index (χ0) is 15.7. The molecule has 1 saturated carbocycles. The summed E-state index contributed by atoms with van der Waals surface area (Å²) >= 11 is 6.02. The highest BCUT2D eigenvalue weighted by Gasteiger charge is 2.49. The minimum atomic E-state index is -0.978. The SMILES string of the molecule is CCC(n1cncn1)C(O)(c1ccc(Cl)cc1)C(C)C1CC1. The quantitative estimate of drug-likeness (QED) is 0.880. The standard InChI is InChI=1S/C17H22ClN3O/c1-3-16(21-11-19-10-20-21)17(22,12(2)13-4-5-13)14-6-8-15(18)9-7-14/h6-13,16,22H,3-5H2,1-2H3. The minimum Gasteiger partial charge on any atom is -0.383 e. The molecule has 2 aromatic rings. The van der Waals surface area contributed by atoms with Crippen molar-refractivity contribution in [1.82, 2.24) is 14.8 Å². The monoisotopic (exact) mass is 319 g/mol. The van der Waals surface area contributed by atoms with Gasteiger partial charge in [0.25, 0.3) is 0 Å². The lowest BCUT2D eigenvalue weighted by molar-refractivity contribution is -0.0774. The van der Waals surface area contributed by atoms with E-state index in [-0.39, 0.29) is 12.0 Å². The van der Waals surface area contributed by atoms with E-state index < -0.39 is 5.60 Å². The van der Waals surface area contributed by atoms with Crippen molar-refractivity contribution in [3.05, 3.63) is 47.5 Å². The molecule has 1 heterocycles. The summed E-state index contributed by atoms with van der Waals surface area (Å²) < 4.78 is 1.79. The molecule has 3 atom stereocenters. The Balaban J connectivity index is 2.07. The Morgan fingerprint density at radius 1 is 1.36 bits per heavy atom. The molecule has 0 saturated heterocycles. The molecule has 3 unspecified atom stereocenters. The third-order valence-electron chi connectivity index (χ3n) is 4.98. The lowest BCUT2D eigenvalue weighted by atomic mass is 9.73. The molecule has 22 heavy (non-hydrogen) atoms. The second kappa shape index (κ2) is 6.01. The number of hydrogen-bond acceptors (Lipinski definition) is 3. The molecule has 0 spiro atoms.